The molecule has 0 aliphatic rings. The predicted octanol–water partition coefficient (Wildman–Crippen LogP) is 4.55. The van der Waals surface area contributed by atoms with E-state index in [9.17, 15) is 10.1 Å². The lowest BCUT2D eigenvalue weighted by Crippen LogP contribution is -1.99. The minimum Gasteiger partial charge on any atom is -0.258 e. The molecule has 0 fully saturated rings. The number of hydrogen-bond donors (Lipinski definition) is 1. The van der Waals surface area contributed by atoms with Crippen LogP contribution in [-0.4, -0.2) is 15.6 Å². The third-order valence-electron chi connectivity index (χ3n) is 3.39. The zero-order chi connectivity index (χ0) is 16.9. The van der Waals surface area contributed by atoms with E-state index in [1.54, 1.807) is 12.1 Å². The molecule has 0 saturated heterocycles. The average Bonchev–Trinajstić information content (AvgIpc) is 3.09. The van der Waals surface area contributed by atoms with Crippen molar-refractivity contribution in [3.63, 3.8) is 0 Å². The number of benzene rings is 2. The molecule has 24 heavy (non-hydrogen) atoms. The number of rotatable bonds is 5. The molecule has 3 rings (SSSR count). The van der Waals surface area contributed by atoms with Crippen LogP contribution in [0.5, 0.6) is 0 Å². The lowest BCUT2D eigenvalue weighted by Gasteiger charge is -2.00. The summed E-state index contributed by atoms with van der Waals surface area (Å²) in [7, 11) is 0. The molecule has 0 aliphatic carbocycles. The van der Waals surface area contributed by atoms with E-state index < -0.39 is 4.92 Å². The van der Waals surface area contributed by atoms with Crippen molar-refractivity contribution >= 4 is 27.9 Å². The van der Waals surface area contributed by atoms with Crippen molar-refractivity contribution < 1.29 is 4.92 Å². The minimum absolute atomic E-state index is 0.0652. The van der Waals surface area contributed by atoms with Crippen LogP contribution in [0.15, 0.2) is 65.1 Å². The normalized spacial score (nSPS) is 11.3. The molecule has 0 unspecified atom stereocenters. The highest BCUT2D eigenvalue weighted by Gasteiger charge is 2.08. The van der Waals surface area contributed by atoms with E-state index in [1.165, 1.54) is 23.5 Å². The van der Waals surface area contributed by atoms with E-state index in [4.69, 9.17) is 0 Å². The second-order valence-corrected chi connectivity index (χ2v) is 5.88. The Bertz CT molecular complexity index is 873. The Morgan fingerprint density at radius 1 is 1.17 bits per heavy atom. The lowest BCUT2D eigenvalue weighted by atomic mass is 10.1. The van der Waals surface area contributed by atoms with Crippen molar-refractivity contribution in [1.29, 1.82) is 0 Å². The Morgan fingerprint density at radius 3 is 2.54 bits per heavy atom. The molecule has 0 amide bonds. The van der Waals surface area contributed by atoms with E-state index in [-0.39, 0.29) is 5.69 Å². The Hall–Kier alpha value is -3.06. The monoisotopic (exact) mass is 338 g/mol. The minimum atomic E-state index is -0.418. The largest absolute Gasteiger partial charge is 0.269 e. The SMILES string of the molecule is CC(=NNc1nc(-c2ccc([N+](=O)[O-])cc2)cs1)c1ccccc1. The summed E-state index contributed by atoms with van der Waals surface area (Å²) in [5.74, 6) is 0. The van der Waals surface area contributed by atoms with Crippen LogP contribution in [0.1, 0.15) is 12.5 Å². The molecule has 6 nitrogen and oxygen atoms in total. The Kier molecular flexibility index (Phi) is 4.62. The van der Waals surface area contributed by atoms with Crippen molar-refractivity contribution in [3.8, 4) is 11.3 Å². The van der Waals surface area contributed by atoms with Crippen molar-refractivity contribution in [3.05, 3.63) is 75.7 Å². The third-order valence-corrected chi connectivity index (χ3v) is 4.14. The highest BCUT2D eigenvalue weighted by Crippen LogP contribution is 2.26. The first-order chi connectivity index (χ1) is 11.6. The van der Waals surface area contributed by atoms with Gasteiger partial charge >= 0.3 is 0 Å². The first-order valence-corrected chi connectivity index (χ1v) is 8.07. The highest BCUT2D eigenvalue weighted by molar-refractivity contribution is 7.14. The summed E-state index contributed by atoms with van der Waals surface area (Å²) >= 11 is 1.43. The standard InChI is InChI=1S/C17H14N4O2S/c1-12(13-5-3-2-4-6-13)19-20-17-18-16(11-24-17)14-7-9-15(10-8-14)21(22)23/h2-11H,1H3,(H,18,20). The van der Waals surface area contributed by atoms with Crippen molar-refractivity contribution in [2.75, 3.05) is 5.43 Å². The van der Waals surface area contributed by atoms with E-state index >= 15 is 0 Å². The van der Waals surface area contributed by atoms with Gasteiger partial charge in [0.1, 0.15) is 0 Å². The van der Waals surface area contributed by atoms with Crippen LogP contribution in [0.3, 0.4) is 0 Å². The van der Waals surface area contributed by atoms with Crippen LogP contribution in [0.2, 0.25) is 0 Å². The highest BCUT2D eigenvalue weighted by atomic mass is 32.1. The smallest absolute Gasteiger partial charge is 0.258 e. The van der Waals surface area contributed by atoms with E-state index in [2.05, 4.69) is 15.5 Å². The molecule has 0 bridgehead atoms. The van der Waals surface area contributed by atoms with Gasteiger partial charge in [-0.1, -0.05) is 30.3 Å². The summed E-state index contributed by atoms with van der Waals surface area (Å²) in [5.41, 5.74) is 6.50. The van der Waals surface area contributed by atoms with Crippen LogP contribution < -0.4 is 5.43 Å². The van der Waals surface area contributed by atoms with Crippen molar-refractivity contribution in [2.45, 2.75) is 6.92 Å². The zero-order valence-electron chi connectivity index (χ0n) is 12.8. The topological polar surface area (TPSA) is 80.4 Å². The fraction of sp³-hybridized carbons (Fsp3) is 0.0588. The number of nitrogens with zero attached hydrogens (tertiary/aromatic N) is 3. The van der Waals surface area contributed by atoms with Gasteiger partial charge in [0.25, 0.3) is 5.69 Å². The number of anilines is 1. The van der Waals surface area contributed by atoms with Gasteiger partial charge < -0.3 is 0 Å². The Morgan fingerprint density at radius 2 is 1.88 bits per heavy atom. The lowest BCUT2D eigenvalue weighted by molar-refractivity contribution is -0.384. The van der Waals surface area contributed by atoms with Gasteiger partial charge in [-0.2, -0.15) is 5.10 Å². The summed E-state index contributed by atoms with van der Waals surface area (Å²) in [5, 5.41) is 17.6. The van der Waals surface area contributed by atoms with E-state index in [1.807, 2.05) is 42.6 Å². The quantitative estimate of drug-likeness (QED) is 0.420. The molecule has 7 heteroatoms. The number of hydrazone groups is 1. The van der Waals surface area contributed by atoms with Crippen LogP contribution in [0, 0.1) is 10.1 Å². The molecule has 0 saturated carbocycles. The average molecular weight is 338 g/mol. The number of aromatic nitrogens is 1. The maximum Gasteiger partial charge on any atom is 0.269 e. The molecule has 3 aromatic rings. The Labute approximate surface area is 142 Å². The van der Waals surface area contributed by atoms with Gasteiger partial charge in [-0.3, -0.25) is 15.5 Å². The van der Waals surface area contributed by atoms with Gasteiger partial charge in [-0.25, -0.2) is 4.98 Å². The van der Waals surface area contributed by atoms with Crippen LogP contribution in [-0.2, 0) is 0 Å². The van der Waals surface area contributed by atoms with Gasteiger partial charge in [-0.05, 0) is 24.6 Å². The molecule has 1 aromatic heterocycles. The summed E-state index contributed by atoms with van der Waals surface area (Å²) in [6.07, 6.45) is 0. The van der Waals surface area contributed by atoms with Gasteiger partial charge in [0.2, 0.25) is 5.13 Å². The molecule has 1 heterocycles. The number of hydrogen-bond acceptors (Lipinski definition) is 6. The molecule has 0 radical (unpaired) electrons. The summed E-state index contributed by atoms with van der Waals surface area (Å²) < 4.78 is 0. The molecule has 2 aromatic carbocycles. The molecular formula is C17H14N4O2S. The summed E-state index contributed by atoms with van der Waals surface area (Å²) in [4.78, 5) is 14.7. The van der Waals surface area contributed by atoms with Gasteiger partial charge in [0.05, 0.1) is 16.3 Å². The second-order valence-electron chi connectivity index (χ2n) is 5.02. The molecular weight excluding hydrogens is 324 g/mol. The van der Waals surface area contributed by atoms with Gasteiger partial charge in [0.15, 0.2) is 0 Å². The molecule has 1 N–H and O–H groups in total. The number of nitrogens with one attached hydrogen (secondary N) is 1. The van der Waals surface area contributed by atoms with E-state index in [0.717, 1.165) is 22.5 Å². The summed E-state index contributed by atoms with van der Waals surface area (Å²) in [6.45, 7) is 1.92. The van der Waals surface area contributed by atoms with Crippen LogP contribution in [0.4, 0.5) is 10.8 Å². The third kappa shape index (κ3) is 3.64. The number of non-ortho nitro benzene ring substituents is 1. The van der Waals surface area contributed by atoms with Crippen LogP contribution >= 0.6 is 11.3 Å². The van der Waals surface area contributed by atoms with Crippen molar-refractivity contribution in [2.24, 2.45) is 5.10 Å². The molecule has 120 valence electrons. The summed E-state index contributed by atoms with van der Waals surface area (Å²) in [6, 6.07) is 16.2. The first kappa shape index (κ1) is 15.8. The van der Waals surface area contributed by atoms with Crippen molar-refractivity contribution in [1.82, 2.24) is 4.98 Å². The first-order valence-electron chi connectivity index (χ1n) is 7.19. The fourth-order valence-corrected chi connectivity index (χ4v) is 2.75. The maximum atomic E-state index is 10.7. The molecule has 0 atom stereocenters. The van der Waals surface area contributed by atoms with Crippen LogP contribution in [0.25, 0.3) is 11.3 Å². The fourth-order valence-electron chi connectivity index (χ4n) is 2.09. The van der Waals surface area contributed by atoms with Gasteiger partial charge in [-0.15, -0.1) is 11.3 Å². The molecule has 0 spiro atoms. The second kappa shape index (κ2) is 7.01. The van der Waals surface area contributed by atoms with E-state index in [0.29, 0.717) is 5.13 Å². The number of thiazole rings is 1. The Balaban J connectivity index is 1.72. The molecule has 0 aliphatic heterocycles. The van der Waals surface area contributed by atoms with Gasteiger partial charge in [0, 0.05) is 23.1 Å². The number of nitro groups is 1. The zero-order valence-corrected chi connectivity index (χ0v) is 13.7. The number of nitro benzene ring substituents is 1. The predicted molar refractivity (Wildman–Crippen MR) is 96.5 cm³/mol. The maximum absolute atomic E-state index is 10.7.